The molecule has 1 atom stereocenters. The highest BCUT2D eigenvalue weighted by Crippen LogP contribution is 2.17. The zero-order chi connectivity index (χ0) is 12.1. The van der Waals surface area contributed by atoms with Crippen LogP contribution in [0.25, 0.3) is 0 Å². The number of hydrogen-bond donors (Lipinski definition) is 1. The second-order valence-corrected chi connectivity index (χ2v) is 6.38. The zero-order valence-corrected chi connectivity index (χ0v) is 11.9. The summed E-state index contributed by atoms with van der Waals surface area (Å²) in [5.41, 5.74) is 0. The maximum Gasteiger partial charge on any atom is 0.0299 e. The number of nitrogens with zero attached hydrogens (tertiary/aromatic N) is 1. The van der Waals surface area contributed by atoms with E-state index in [4.69, 9.17) is 0 Å². The molecule has 1 unspecified atom stereocenters. The van der Waals surface area contributed by atoms with Gasteiger partial charge in [-0.2, -0.15) is 0 Å². The number of hydrogen-bond acceptors (Lipinski definition) is 3. The Morgan fingerprint density at radius 1 is 1.41 bits per heavy atom. The van der Waals surface area contributed by atoms with Crippen molar-refractivity contribution in [2.75, 3.05) is 26.7 Å². The number of aryl methyl sites for hydroxylation is 1. The Hall–Kier alpha value is -0.380. The van der Waals surface area contributed by atoms with Crippen LogP contribution < -0.4 is 5.32 Å². The molecule has 1 aromatic rings. The topological polar surface area (TPSA) is 15.3 Å². The van der Waals surface area contributed by atoms with Gasteiger partial charge in [-0.1, -0.05) is 6.92 Å². The van der Waals surface area contributed by atoms with Gasteiger partial charge >= 0.3 is 0 Å². The largest absolute Gasteiger partial charge is 0.312 e. The van der Waals surface area contributed by atoms with Crippen molar-refractivity contribution in [2.45, 2.75) is 32.7 Å². The van der Waals surface area contributed by atoms with E-state index in [1.807, 2.05) is 11.3 Å². The van der Waals surface area contributed by atoms with Gasteiger partial charge in [-0.25, -0.2) is 0 Å². The van der Waals surface area contributed by atoms with Crippen LogP contribution >= 0.6 is 11.3 Å². The van der Waals surface area contributed by atoms with Crippen molar-refractivity contribution in [2.24, 2.45) is 5.92 Å². The second-order valence-electron chi connectivity index (χ2n) is 5.12. The highest BCUT2D eigenvalue weighted by molar-refractivity contribution is 7.11. The summed E-state index contributed by atoms with van der Waals surface area (Å²) < 4.78 is 0. The fourth-order valence-corrected chi connectivity index (χ4v) is 3.47. The number of piperidine rings is 1. The van der Waals surface area contributed by atoms with E-state index in [0.29, 0.717) is 0 Å². The Labute approximate surface area is 109 Å². The molecule has 0 bridgehead atoms. The van der Waals surface area contributed by atoms with E-state index in [-0.39, 0.29) is 0 Å². The van der Waals surface area contributed by atoms with Crippen LogP contribution in [0.3, 0.4) is 0 Å². The molecule has 1 aliphatic rings. The SMILES string of the molecule is CCc1ccc(CNCC2CCCN(C)C2)s1. The summed E-state index contributed by atoms with van der Waals surface area (Å²) in [5.74, 6) is 0.847. The monoisotopic (exact) mass is 252 g/mol. The average Bonchev–Trinajstić information content (AvgIpc) is 2.77. The lowest BCUT2D eigenvalue weighted by Gasteiger charge is -2.29. The van der Waals surface area contributed by atoms with Gasteiger partial charge in [0.2, 0.25) is 0 Å². The fraction of sp³-hybridized carbons (Fsp3) is 0.714. The Kier molecular flexibility index (Phi) is 5.01. The molecule has 1 N–H and O–H groups in total. The maximum atomic E-state index is 3.61. The number of thiophene rings is 1. The third kappa shape index (κ3) is 4.09. The minimum absolute atomic E-state index is 0.847. The third-order valence-electron chi connectivity index (χ3n) is 3.52. The molecule has 0 spiro atoms. The van der Waals surface area contributed by atoms with Gasteiger partial charge in [0.05, 0.1) is 0 Å². The molecule has 17 heavy (non-hydrogen) atoms. The van der Waals surface area contributed by atoms with E-state index >= 15 is 0 Å². The van der Waals surface area contributed by atoms with Crippen molar-refractivity contribution in [3.05, 3.63) is 21.9 Å². The molecule has 1 fully saturated rings. The Balaban J connectivity index is 1.68. The predicted molar refractivity (Wildman–Crippen MR) is 75.6 cm³/mol. The molecule has 0 aliphatic carbocycles. The number of nitrogens with one attached hydrogen (secondary N) is 1. The van der Waals surface area contributed by atoms with E-state index in [1.54, 1.807) is 0 Å². The summed E-state index contributed by atoms with van der Waals surface area (Å²) in [6.07, 6.45) is 3.92. The fourth-order valence-electron chi connectivity index (χ4n) is 2.55. The van der Waals surface area contributed by atoms with Gasteiger partial charge in [0.1, 0.15) is 0 Å². The lowest BCUT2D eigenvalue weighted by molar-refractivity contribution is 0.206. The van der Waals surface area contributed by atoms with Crippen molar-refractivity contribution in [1.82, 2.24) is 10.2 Å². The van der Waals surface area contributed by atoms with Crippen molar-refractivity contribution in [3.63, 3.8) is 0 Å². The second kappa shape index (κ2) is 6.53. The molecule has 0 amide bonds. The van der Waals surface area contributed by atoms with Gasteiger partial charge in [0.25, 0.3) is 0 Å². The van der Waals surface area contributed by atoms with Crippen LogP contribution in [0.2, 0.25) is 0 Å². The van der Waals surface area contributed by atoms with Crippen molar-refractivity contribution in [3.8, 4) is 0 Å². The van der Waals surface area contributed by atoms with Crippen LogP contribution in [0.1, 0.15) is 29.5 Å². The van der Waals surface area contributed by atoms with Crippen LogP contribution in [-0.4, -0.2) is 31.6 Å². The Bertz CT molecular complexity index is 335. The molecule has 1 saturated heterocycles. The first-order valence-electron chi connectivity index (χ1n) is 6.74. The standard InChI is InChI=1S/C14H24N2S/c1-3-13-6-7-14(17-13)10-15-9-12-5-4-8-16(2)11-12/h6-7,12,15H,3-5,8-11H2,1-2H3. The summed E-state index contributed by atoms with van der Waals surface area (Å²) in [4.78, 5) is 5.43. The van der Waals surface area contributed by atoms with Crippen LogP contribution in [0.4, 0.5) is 0 Å². The normalized spacial score (nSPS) is 21.9. The van der Waals surface area contributed by atoms with Crippen LogP contribution in [0.5, 0.6) is 0 Å². The van der Waals surface area contributed by atoms with Gasteiger partial charge in [0, 0.05) is 22.8 Å². The summed E-state index contributed by atoms with van der Waals surface area (Å²) in [5, 5.41) is 3.61. The zero-order valence-electron chi connectivity index (χ0n) is 11.0. The van der Waals surface area contributed by atoms with E-state index < -0.39 is 0 Å². The first-order valence-corrected chi connectivity index (χ1v) is 7.56. The molecular formula is C14H24N2S. The lowest BCUT2D eigenvalue weighted by atomic mass is 9.98. The summed E-state index contributed by atoms with van der Waals surface area (Å²) in [6, 6.07) is 4.53. The van der Waals surface area contributed by atoms with Crippen molar-refractivity contribution >= 4 is 11.3 Å². The molecule has 2 heterocycles. The highest BCUT2D eigenvalue weighted by atomic mass is 32.1. The van der Waals surface area contributed by atoms with Crippen LogP contribution in [0, 0.1) is 5.92 Å². The highest BCUT2D eigenvalue weighted by Gasteiger charge is 2.16. The minimum Gasteiger partial charge on any atom is -0.312 e. The summed E-state index contributed by atoms with van der Waals surface area (Å²) in [7, 11) is 2.24. The van der Waals surface area contributed by atoms with E-state index in [0.717, 1.165) is 18.9 Å². The number of likely N-dealkylation sites (tertiary alicyclic amines) is 1. The molecule has 0 aromatic carbocycles. The van der Waals surface area contributed by atoms with E-state index in [1.165, 1.54) is 42.2 Å². The van der Waals surface area contributed by atoms with Gasteiger partial charge in [0.15, 0.2) is 0 Å². The first-order chi connectivity index (χ1) is 8.28. The lowest BCUT2D eigenvalue weighted by Crippen LogP contribution is -2.37. The van der Waals surface area contributed by atoms with Gasteiger partial charge < -0.3 is 10.2 Å². The molecule has 0 saturated carbocycles. The van der Waals surface area contributed by atoms with Crippen LogP contribution in [-0.2, 0) is 13.0 Å². The molecule has 2 nitrogen and oxygen atoms in total. The molecule has 3 heteroatoms. The minimum atomic E-state index is 0.847. The van der Waals surface area contributed by atoms with E-state index in [2.05, 4.69) is 36.3 Å². The number of rotatable bonds is 5. The molecule has 0 radical (unpaired) electrons. The maximum absolute atomic E-state index is 3.61. The van der Waals surface area contributed by atoms with Gasteiger partial charge in [-0.3, -0.25) is 0 Å². The quantitative estimate of drug-likeness (QED) is 0.867. The van der Waals surface area contributed by atoms with E-state index in [9.17, 15) is 0 Å². The van der Waals surface area contributed by atoms with Gasteiger partial charge in [-0.15, -0.1) is 11.3 Å². The smallest absolute Gasteiger partial charge is 0.0299 e. The third-order valence-corrected chi connectivity index (χ3v) is 4.75. The summed E-state index contributed by atoms with van der Waals surface area (Å²) >= 11 is 1.95. The average molecular weight is 252 g/mol. The Morgan fingerprint density at radius 3 is 2.94 bits per heavy atom. The predicted octanol–water partition coefficient (Wildman–Crippen LogP) is 2.74. The molecule has 2 rings (SSSR count). The molecular weight excluding hydrogens is 228 g/mol. The summed E-state index contributed by atoms with van der Waals surface area (Å²) in [6.45, 7) is 6.98. The first kappa shape index (κ1) is 13.1. The molecule has 1 aliphatic heterocycles. The molecule has 96 valence electrons. The van der Waals surface area contributed by atoms with Crippen molar-refractivity contribution < 1.29 is 0 Å². The van der Waals surface area contributed by atoms with Crippen molar-refractivity contribution in [1.29, 1.82) is 0 Å². The van der Waals surface area contributed by atoms with Crippen LogP contribution in [0.15, 0.2) is 12.1 Å². The van der Waals surface area contributed by atoms with Gasteiger partial charge in [-0.05, 0) is 57.5 Å². The Morgan fingerprint density at radius 2 is 2.24 bits per heavy atom. The molecule has 1 aromatic heterocycles.